The smallest absolute Gasteiger partial charge is 0.326 e. The second-order valence-electron chi connectivity index (χ2n) is 9.25. The summed E-state index contributed by atoms with van der Waals surface area (Å²) in [5.74, 6) is -0.527. The number of hydrogen-bond acceptors (Lipinski definition) is 4. The molecule has 212 valence electrons. The van der Waals surface area contributed by atoms with Crippen molar-refractivity contribution in [2.75, 3.05) is 16.9 Å². The first-order valence-corrected chi connectivity index (χ1v) is 14.3. The van der Waals surface area contributed by atoms with Gasteiger partial charge in [-0.1, -0.05) is 60.7 Å². The first-order chi connectivity index (χ1) is 19.4. The summed E-state index contributed by atoms with van der Waals surface area (Å²) in [5, 5.41) is 7.80. The van der Waals surface area contributed by atoms with Gasteiger partial charge in [0.2, 0.25) is 5.91 Å². The highest BCUT2D eigenvalue weighted by Gasteiger charge is 2.30. The zero-order valence-corrected chi connectivity index (χ0v) is 22.6. The Balaban J connectivity index is 1.49. The second-order valence-corrected chi connectivity index (χ2v) is 11.2. The summed E-state index contributed by atoms with van der Waals surface area (Å²) < 4.78 is 62.9. The van der Waals surface area contributed by atoms with Crippen molar-refractivity contribution < 1.29 is 31.2 Å². The van der Waals surface area contributed by atoms with Gasteiger partial charge in [-0.05, 0) is 53.6 Å². The van der Waals surface area contributed by atoms with E-state index in [4.69, 9.17) is 0 Å². The van der Waals surface area contributed by atoms with Crippen LogP contribution in [0.15, 0.2) is 108 Å². The normalized spacial score (nSPS) is 12.3. The van der Waals surface area contributed by atoms with Gasteiger partial charge in [-0.3, -0.25) is 4.79 Å². The average molecular weight is 582 g/mol. The molecule has 0 spiro atoms. The Labute approximate surface area is 235 Å². The van der Waals surface area contributed by atoms with Gasteiger partial charge in [-0.2, -0.15) is 13.2 Å². The molecule has 4 aromatic rings. The molecule has 1 unspecified atom stereocenters. The van der Waals surface area contributed by atoms with Gasteiger partial charge in [0.15, 0.2) is 9.84 Å². The second kappa shape index (κ2) is 12.3. The van der Waals surface area contributed by atoms with E-state index in [1.807, 2.05) is 6.07 Å². The third-order valence-electron chi connectivity index (χ3n) is 6.12. The van der Waals surface area contributed by atoms with Crippen molar-refractivity contribution in [2.45, 2.75) is 23.5 Å². The number of rotatable bonds is 8. The maximum Gasteiger partial charge on any atom is 0.416 e. The van der Waals surface area contributed by atoms with Gasteiger partial charge in [-0.25, -0.2) is 13.2 Å². The van der Waals surface area contributed by atoms with Gasteiger partial charge in [0, 0.05) is 29.6 Å². The van der Waals surface area contributed by atoms with Crippen LogP contribution < -0.4 is 16.0 Å². The lowest BCUT2D eigenvalue weighted by Crippen LogP contribution is -2.46. The number of nitrogens with one attached hydrogen (secondary N) is 3. The molecule has 0 aromatic heterocycles. The zero-order chi connectivity index (χ0) is 29.6. The monoisotopic (exact) mass is 581 g/mol. The summed E-state index contributed by atoms with van der Waals surface area (Å²) in [6.07, 6.45) is -3.23. The number of urea groups is 1. The standard InChI is InChI=1S/C30H26F3N3O4S/c1-41(39,40)27-10-6-5-9-25(27)21-11-15-23(16-12-21)34-28(37)26(19-20-7-3-2-4-8-20)36-29(38)35-24-17-13-22(14-18-24)30(31,32)33/h2-18,26H,19H2,1H3,(H,34,37)(H2,35,36,38). The number of halogens is 3. The van der Waals surface area contributed by atoms with Crippen LogP contribution in [0.3, 0.4) is 0 Å². The molecule has 0 bridgehead atoms. The van der Waals surface area contributed by atoms with E-state index in [0.717, 1.165) is 36.1 Å². The highest BCUT2D eigenvalue weighted by molar-refractivity contribution is 7.90. The number of carbonyl (C=O) groups is 2. The van der Waals surface area contributed by atoms with Crippen molar-refractivity contribution in [2.24, 2.45) is 0 Å². The summed E-state index contributed by atoms with van der Waals surface area (Å²) >= 11 is 0. The Bertz CT molecular complexity index is 1620. The van der Waals surface area contributed by atoms with Gasteiger partial charge in [0.05, 0.1) is 10.5 Å². The maximum absolute atomic E-state index is 13.2. The summed E-state index contributed by atoms with van der Waals surface area (Å²) in [6.45, 7) is 0. The summed E-state index contributed by atoms with van der Waals surface area (Å²) in [6, 6.07) is 24.3. The van der Waals surface area contributed by atoms with Crippen molar-refractivity contribution >= 4 is 33.2 Å². The molecule has 0 aliphatic heterocycles. The maximum atomic E-state index is 13.2. The van der Waals surface area contributed by atoms with E-state index in [9.17, 15) is 31.2 Å². The minimum Gasteiger partial charge on any atom is -0.326 e. The molecule has 41 heavy (non-hydrogen) atoms. The number of carbonyl (C=O) groups excluding carboxylic acids is 2. The van der Waals surface area contributed by atoms with Crippen LogP contribution >= 0.6 is 0 Å². The number of alkyl halides is 3. The predicted molar refractivity (Wildman–Crippen MR) is 151 cm³/mol. The van der Waals surface area contributed by atoms with Gasteiger partial charge in [0.25, 0.3) is 0 Å². The highest BCUT2D eigenvalue weighted by atomic mass is 32.2. The minimum atomic E-state index is -4.51. The summed E-state index contributed by atoms with van der Waals surface area (Å²) in [7, 11) is -3.46. The fourth-order valence-electron chi connectivity index (χ4n) is 4.12. The number of benzene rings is 4. The van der Waals surface area contributed by atoms with Crippen LogP contribution in [-0.4, -0.2) is 32.7 Å². The van der Waals surface area contributed by atoms with Crippen molar-refractivity contribution in [1.29, 1.82) is 0 Å². The van der Waals surface area contributed by atoms with Gasteiger partial charge in [-0.15, -0.1) is 0 Å². The minimum absolute atomic E-state index is 0.124. The third kappa shape index (κ3) is 7.95. The topological polar surface area (TPSA) is 104 Å². The largest absolute Gasteiger partial charge is 0.416 e. The third-order valence-corrected chi connectivity index (χ3v) is 7.28. The van der Waals surface area contributed by atoms with E-state index in [1.54, 1.807) is 66.7 Å². The molecule has 3 N–H and O–H groups in total. The van der Waals surface area contributed by atoms with Gasteiger partial charge in [0.1, 0.15) is 6.04 Å². The quantitative estimate of drug-likeness (QED) is 0.232. The zero-order valence-electron chi connectivity index (χ0n) is 21.8. The molecule has 0 saturated heterocycles. The van der Waals surface area contributed by atoms with Gasteiger partial charge >= 0.3 is 12.2 Å². The molecule has 0 fully saturated rings. The molecular formula is C30H26F3N3O4S. The van der Waals surface area contributed by atoms with Crippen LogP contribution in [-0.2, 0) is 27.2 Å². The van der Waals surface area contributed by atoms with Crippen LogP contribution in [0.4, 0.5) is 29.3 Å². The van der Waals surface area contributed by atoms with E-state index >= 15 is 0 Å². The molecule has 0 radical (unpaired) electrons. The van der Waals surface area contributed by atoms with Crippen molar-refractivity contribution in [3.8, 4) is 11.1 Å². The Hall–Kier alpha value is -4.64. The number of amides is 3. The lowest BCUT2D eigenvalue weighted by Gasteiger charge is -2.19. The Morgan fingerprint density at radius 2 is 1.32 bits per heavy atom. The molecule has 0 aliphatic rings. The fraction of sp³-hybridized carbons (Fsp3) is 0.133. The number of hydrogen-bond donors (Lipinski definition) is 3. The molecule has 0 heterocycles. The van der Waals surface area contributed by atoms with Crippen LogP contribution in [0, 0.1) is 0 Å². The van der Waals surface area contributed by atoms with Crippen molar-refractivity contribution in [1.82, 2.24) is 5.32 Å². The predicted octanol–water partition coefficient (Wildman–Crippen LogP) is 6.15. The van der Waals surface area contributed by atoms with E-state index in [0.29, 0.717) is 16.8 Å². The molecule has 4 rings (SSSR count). The molecule has 3 amide bonds. The highest BCUT2D eigenvalue weighted by Crippen LogP contribution is 2.30. The lowest BCUT2D eigenvalue weighted by molar-refractivity contribution is -0.137. The Morgan fingerprint density at radius 3 is 1.93 bits per heavy atom. The molecule has 1 atom stereocenters. The number of anilines is 2. The van der Waals surface area contributed by atoms with E-state index < -0.39 is 39.6 Å². The van der Waals surface area contributed by atoms with Crippen LogP contribution in [0.5, 0.6) is 0 Å². The number of sulfone groups is 1. The average Bonchev–Trinajstić information content (AvgIpc) is 2.93. The first kappa shape index (κ1) is 29.3. The van der Waals surface area contributed by atoms with E-state index in [-0.39, 0.29) is 17.0 Å². The Morgan fingerprint density at radius 1 is 0.756 bits per heavy atom. The van der Waals surface area contributed by atoms with Crippen LogP contribution in [0.1, 0.15) is 11.1 Å². The molecule has 4 aromatic carbocycles. The molecule has 0 saturated carbocycles. The summed E-state index contributed by atoms with van der Waals surface area (Å²) in [4.78, 5) is 26.1. The lowest BCUT2D eigenvalue weighted by atomic mass is 10.0. The van der Waals surface area contributed by atoms with Gasteiger partial charge < -0.3 is 16.0 Å². The van der Waals surface area contributed by atoms with E-state index in [2.05, 4.69) is 16.0 Å². The SMILES string of the molecule is CS(=O)(=O)c1ccccc1-c1ccc(NC(=O)C(Cc2ccccc2)NC(=O)Nc2ccc(C(F)(F)F)cc2)cc1. The molecule has 0 aliphatic carbocycles. The van der Waals surface area contributed by atoms with Crippen molar-refractivity contribution in [3.63, 3.8) is 0 Å². The van der Waals surface area contributed by atoms with Crippen molar-refractivity contribution in [3.05, 3.63) is 114 Å². The first-order valence-electron chi connectivity index (χ1n) is 12.4. The van der Waals surface area contributed by atoms with E-state index in [1.165, 1.54) is 6.07 Å². The molecule has 11 heteroatoms. The summed E-state index contributed by atoms with van der Waals surface area (Å²) in [5.41, 5.74) is 1.62. The Kier molecular flexibility index (Phi) is 8.77. The molecular weight excluding hydrogens is 555 g/mol. The molecule has 7 nitrogen and oxygen atoms in total. The van der Waals surface area contributed by atoms with Crippen LogP contribution in [0.2, 0.25) is 0 Å². The fourth-order valence-corrected chi connectivity index (χ4v) is 5.03. The van der Waals surface area contributed by atoms with Crippen LogP contribution in [0.25, 0.3) is 11.1 Å².